The molecule has 0 saturated heterocycles. The second kappa shape index (κ2) is 8.92. The molecule has 0 spiro atoms. The van der Waals surface area contributed by atoms with Crippen LogP contribution in [-0.4, -0.2) is 5.91 Å². The topological polar surface area (TPSA) is 41.1 Å². The number of alkyl halides is 3. The summed E-state index contributed by atoms with van der Waals surface area (Å²) in [5.41, 5.74) is 2.10. The van der Waals surface area contributed by atoms with Gasteiger partial charge < -0.3 is 10.6 Å². The molecule has 3 aromatic carbocycles. The van der Waals surface area contributed by atoms with Crippen LogP contribution >= 0.6 is 0 Å². The molecule has 0 saturated carbocycles. The lowest BCUT2D eigenvalue weighted by molar-refractivity contribution is -0.137. The Labute approximate surface area is 167 Å². The van der Waals surface area contributed by atoms with Gasteiger partial charge in [-0.2, -0.15) is 13.2 Å². The van der Waals surface area contributed by atoms with Gasteiger partial charge in [0.25, 0.3) is 5.91 Å². The number of rotatable bonds is 6. The Morgan fingerprint density at radius 1 is 0.931 bits per heavy atom. The van der Waals surface area contributed by atoms with Crippen LogP contribution in [0.2, 0.25) is 0 Å². The van der Waals surface area contributed by atoms with E-state index in [0.717, 1.165) is 23.4 Å². The number of benzene rings is 3. The zero-order valence-electron chi connectivity index (χ0n) is 15.8. The van der Waals surface area contributed by atoms with Crippen LogP contribution in [0.1, 0.15) is 40.0 Å². The molecule has 3 rings (SSSR count). The average Bonchev–Trinajstić information content (AvgIpc) is 2.72. The molecule has 29 heavy (non-hydrogen) atoms. The number of hydrogen-bond acceptors (Lipinski definition) is 2. The largest absolute Gasteiger partial charge is 0.416 e. The minimum absolute atomic E-state index is 0.201. The van der Waals surface area contributed by atoms with Crippen LogP contribution in [0.15, 0.2) is 78.9 Å². The number of anilines is 1. The van der Waals surface area contributed by atoms with Crippen LogP contribution in [0.5, 0.6) is 0 Å². The number of halogens is 3. The highest BCUT2D eigenvalue weighted by Crippen LogP contribution is 2.30. The molecule has 1 amide bonds. The van der Waals surface area contributed by atoms with Gasteiger partial charge in [0.2, 0.25) is 0 Å². The third kappa shape index (κ3) is 5.68. The standard InChI is InChI=1S/C23H21F3N2O/c1-16(19-6-5-7-20(14-19)23(24,25)26)27-15-17-10-12-18(13-11-17)22(29)28-21-8-3-2-4-9-21/h2-14,16,27H,15H2,1H3,(H,28,29)/t16-/m0/s1. The molecular formula is C23H21F3N2O. The first kappa shape index (κ1) is 20.6. The van der Waals surface area contributed by atoms with Gasteiger partial charge in [-0.25, -0.2) is 0 Å². The number of amides is 1. The highest BCUT2D eigenvalue weighted by molar-refractivity contribution is 6.04. The SMILES string of the molecule is C[C@H](NCc1ccc(C(=O)Nc2ccccc2)cc1)c1cccc(C(F)(F)F)c1. The van der Waals surface area contributed by atoms with E-state index in [-0.39, 0.29) is 11.9 Å². The van der Waals surface area contributed by atoms with Crippen LogP contribution < -0.4 is 10.6 Å². The molecule has 0 heterocycles. The van der Waals surface area contributed by atoms with Crippen molar-refractivity contribution in [1.29, 1.82) is 0 Å². The predicted octanol–water partition coefficient (Wildman–Crippen LogP) is 5.81. The molecule has 6 heteroatoms. The molecule has 0 aliphatic rings. The van der Waals surface area contributed by atoms with Crippen LogP contribution in [0.25, 0.3) is 0 Å². The molecule has 0 radical (unpaired) electrons. The molecule has 3 nitrogen and oxygen atoms in total. The fraction of sp³-hybridized carbons (Fsp3) is 0.174. The van der Waals surface area contributed by atoms with E-state index in [2.05, 4.69) is 10.6 Å². The fourth-order valence-corrected chi connectivity index (χ4v) is 2.87. The first-order valence-electron chi connectivity index (χ1n) is 9.19. The number of hydrogen-bond donors (Lipinski definition) is 2. The summed E-state index contributed by atoms with van der Waals surface area (Å²) >= 11 is 0. The molecular weight excluding hydrogens is 377 g/mol. The van der Waals surface area contributed by atoms with Crippen molar-refractivity contribution in [3.8, 4) is 0 Å². The third-order valence-electron chi connectivity index (χ3n) is 4.57. The number of carbonyl (C=O) groups excluding carboxylic acids is 1. The Morgan fingerprint density at radius 2 is 1.62 bits per heavy atom. The smallest absolute Gasteiger partial charge is 0.322 e. The van der Waals surface area contributed by atoms with Gasteiger partial charge in [0.15, 0.2) is 0 Å². The maximum atomic E-state index is 12.9. The number of carbonyl (C=O) groups is 1. The van der Waals surface area contributed by atoms with Crippen molar-refractivity contribution in [2.75, 3.05) is 5.32 Å². The minimum atomic E-state index is -4.36. The summed E-state index contributed by atoms with van der Waals surface area (Å²) in [7, 11) is 0. The number of nitrogens with one attached hydrogen (secondary N) is 2. The lowest BCUT2D eigenvalue weighted by Crippen LogP contribution is -2.19. The highest BCUT2D eigenvalue weighted by atomic mass is 19.4. The zero-order chi connectivity index (χ0) is 20.9. The van der Waals surface area contributed by atoms with E-state index >= 15 is 0 Å². The lowest BCUT2D eigenvalue weighted by atomic mass is 10.0. The molecule has 0 bridgehead atoms. The molecule has 0 aliphatic carbocycles. The van der Waals surface area contributed by atoms with E-state index in [1.807, 2.05) is 49.4 Å². The Balaban J connectivity index is 1.58. The average molecular weight is 398 g/mol. The predicted molar refractivity (Wildman–Crippen MR) is 108 cm³/mol. The quantitative estimate of drug-likeness (QED) is 0.550. The summed E-state index contributed by atoms with van der Waals surface area (Å²) in [6.45, 7) is 2.29. The van der Waals surface area contributed by atoms with Gasteiger partial charge >= 0.3 is 6.18 Å². The first-order valence-corrected chi connectivity index (χ1v) is 9.19. The summed E-state index contributed by atoms with van der Waals surface area (Å²) in [6, 6.07) is 21.3. The highest BCUT2D eigenvalue weighted by Gasteiger charge is 2.30. The minimum Gasteiger partial charge on any atom is -0.322 e. The van der Waals surface area contributed by atoms with Crippen LogP contribution in [0.4, 0.5) is 18.9 Å². The second-order valence-electron chi connectivity index (χ2n) is 6.74. The van der Waals surface area contributed by atoms with Gasteiger partial charge in [-0.05, 0) is 54.4 Å². The second-order valence-corrected chi connectivity index (χ2v) is 6.74. The third-order valence-corrected chi connectivity index (χ3v) is 4.57. The Hall–Kier alpha value is -3.12. The fourth-order valence-electron chi connectivity index (χ4n) is 2.87. The zero-order valence-corrected chi connectivity index (χ0v) is 15.8. The van der Waals surface area contributed by atoms with Crippen LogP contribution in [-0.2, 0) is 12.7 Å². The Morgan fingerprint density at radius 3 is 2.28 bits per heavy atom. The van der Waals surface area contributed by atoms with E-state index in [0.29, 0.717) is 17.7 Å². The number of para-hydroxylation sites is 1. The van der Waals surface area contributed by atoms with Crippen molar-refractivity contribution in [1.82, 2.24) is 5.32 Å². The monoisotopic (exact) mass is 398 g/mol. The molecule has 150 valence electrons. The van der Waals surface area contributed by atoms with Gasteiger partial charge in [0.1, 0.15) is 0 Å². The molecule has 3 aromatic rings. The van der Waals surface area contributed by atoms with Gasteiger partial charge in [0, 0.05) is 23.8 Å². The maximum absolute atomic E-state index is 12.9. The normalized spacial score (nSPS) is 12.4. The van der Waals surface area contributed by atoms with Crippen molar-refractivity contribution in [2.24, 2.45) is 0 Å². The summed E-state index contributed by atoms with van der Waals surface area (Å²) in [6.07, 6.45) is -4.36. The van der Waals surface area contributed by atoms with E-state index in [1.165, 1.54) is 6.07 Å². The van der Waals surface area contributed by atoms with Crippen molar-refractivity contribution in [3.05, 3.63) is 101 Å². The van der Waals surface area contributed by atoms with E-state index in [9.17, 15) is 18.0 Å². The summed E-state index contributed by atoms with van der Waals surface area (Å²) in [4.78, 5) is 12.3. The molecule has 0 fully saturated rings. The van der Waals surface area contributed by atoms with Gasteiger partial charge in [0.05, 0.1) is 5.56 Å². The van der Waals surface area contributed by atoms with Crippen molar-refractivity contribution in [2.45, 2.75) is 25.7 Å². The first-order chi connectivity index (χ1) is 13.8. The van der Waals surface area contributed by atoms with E-state index < -0.39 is 11.7 Å². The molecule has 0 aromatic heterocycles. The molecule has 1 atom stereocenters. The van der Waals surface area contributed by atoms with Crippen LogP contribution in [0, 0.1) is 0 Å². The van der Waals surface area contributed by atoms with E-state index in [4.69, 9.17) is 0 Å². The lowest BCUT2D eigenvalue weighted by Gasteiger charge is -2.16. The maximum Gasteiger partial charge on any atom is 0.416 e. The molecule has 0 aliphatic heterocycles. The summed E-state index contributed by atoms with van der Waals surface area (Å²) in [5, 5.41) is 6.03. The van der Waals surface area contributed by atoms with E-state index in [1.54, 1.807) is 18.2 Å². The summed E-state index contributed by atoms with van der Waals surface area (Å²) in [5.74, 6) is -0.201. The Bertz CT molecular complexity index is 954. The van der Waals surface area contributed by atoms with Gasteiger partial charge in [-0.3, -0.25) is 4.79 Å². The molecule has 0 unspecified atom stereocenters. The van der Waals surface area contributed by atoms with Gasteiger partial charge in [-0.1, -0.05) is 42.5 Å². The molecule has 2 N–H and O–H groups in total. The van der Waals surface area contributed by atoms with Gasteiger partial charge in [-0.15, -0.1) is 0 Å². The van der Waals surface area contributed by atoms with Crippen molar-refractivity contribution < 1.29 is 18.0 Å². The van der Waals surface area contributed by atoms with Crippen molar-refractivity contribution >= 4 is 11.6 Å². The summed E-state index contributed by atoms with van der Waals surface area (Å²) < 4.78 is 38.6. The van der Waals surface area contributed by atoms with Crippen LogP contribution in [0.3, 0.4) is 0 Å². The Kier molecular flexibility index (Phi) is 6.34. The van der Waals surface area contributed by atoms with Crippen molar-refractivity contribution in [3.63, 3.8) is 0 Å².